The first-order chi connectivity index (χ1) is 6.52. The number of hydrogen-bond acceptors (Lipinski definition) is 5. The number of rotatable bonds is 6. The van der Waals surface area contributed by atoms with Crippen LogP contribution in [0.25, 0.3) is 0 Å². The van der Waals surface area contributed by atoms with Crippen molar-refractivity contribution in [3.63, 3.8) is 0 Å². The van der Waals surface area contributed by atoms with Crippen LogP contribution in [-0.4, -0.2) is 41.4 Å². The lowest BCUT2D eigenvalue weighted by Crippen LogP contribution is -2.49. The van der Waals surface area contributed by atoms with Gasteiger partial charge in [-0.3, -0.25) is 4.79 Å². The topological polar surface area (TPSA) is 118 Å². The maximum atomic E-state index is 11.2. The molecular formula is C7H15N3O3S. The number of carbonyl (C=O) groups excluding carboxylic acids is 1. The van der Waals surface area contributed by atoms with Crippen LogP contribution in [0.4, 0.5) is 0 Å². The second-order valence-electron chi connectivity index (χ2n) is 2.77. The zero-order valence-corrected chi connectivity index (χ0v) is 8.54. The molecule has 0 aromatic carbocycles. The summed E-state index contributed by atoms with van der Waals surface area (Å²) in [6.07, 6.45) is 0.324. The standard InChI is InChI=1S/C7H15N3O3S/c8-2-1-4(9)6(11)10-5(3-14)7(12)13/h4-5,14H,1-3,8-9H2,(H,10,11)(H,12,13)/t4-,5+/m0/s1. The molecule has 0 bridgehead atoms. The molecule has 14 heavy (non-hydrogen) atoms. The lowest BCUT2D eigenvalue weighted by Gasteiger charge is -2.15. The fourth-order valence-corrected chi connectivity index (χ4v) is 1.02. The van der Waals surface area contributed by atoms with E-state index in [1.54, 1.807) is 0 Å². The van der Waals surface area contributed by atoms with Gasteiger partial charge in [-0.05, 0) is 13.0 Å². The fourth-order valence-electron chi connectivity index (χ4n) is 0.775. The van der Waals surface area contributed by atoms with Crippen molar-refractivity contribution in [2.45, 2.75) is 18.5 Å². The van der Waals surface area contributed by atoms with Crippen molar-refractivity contribution in [1.82, 2.24) is 5.32 Å². The van der Waals surface area contributed by atoms with Gasteiger partial charge in [-0.15, -0.1) is 0 Å². The van der Waals surface area contributed by atoms with Crippen LogP contribution in [0.1, 0.15) is 6.42 Å². The third kappa shape index (κ3) is 4.45. The number of nitrogens with one attached hydrogen (secondary N) is 1. The molecule has 0 heterocycles. The molecule has 2 atom stereocenters. The summed E-state index contributed by atoms with van der Waals surface area (Å²) < 4.78 is 0. The Kier molecular flexibility index (Phi) is 6.26. The van der Waals surface area contributed by atoms with Crippen molar-refractivity contribution >= 4 is 24.5 Å². The maximum absolute atomic E-state index is 11.2. The summed E-state index contributed by atoms with van der Waals surface area (Å²) in [4.78, 5) is 21.7. The number of aliphatic carboxylic acids is 1. The summed E-state index contributed by atoms with van der Waals surface area (Å²) in [5.41, 5.74) is 10.6. The van der Waals surface area contributed by atoms with Crippen molar-refractivity contribution in [1.29, 1.82) is 0 Å². The van der Waals surface area contributed by atoms with Gasteiger partial charge in [0.2, 0.25) is 5.91 Å². The molecule has 7 heteroatoms. The number of carbonyl (C=O) groups is 2. The Bertz CT molecular complexity index is 212. The first kappa shape index (κ1) is 13.2. The number of carboxylic acid groups (broad SMARTS) is 1. The van der Waals surface area contributed by atoms with E-state index >= 15 is 0 Å². The molecule has 0 saturated carbocycles. The Morgan fingerprint density at radius 1 is 1.50 bits per heavy atom. The number of thiol groups is 1. The number of amides is 1. The smallest absolute Gasteiger partial charge is 0.327 e. The predicted molar refractivity (Wildman–Crippen MR) is 55.1 cm³/mol. The van der Waals surface area contributed by atoms with E-state index < -0.39 is 24.0 Å². The summed E-state index contributed by atoms with van der Waals surface area (Å²) in [6, 6.07) is -1.77. The van der Waals surface area contributed by atoms with Crippen LogP contribution in [0.3, 0.4) is 0 Å². The van der Waals surface area contributed by atoms with E-state index in [-0.39, 0.29) is 12.3 Å². The molecule has 0 unspecified atom stereocenters. The van der Waals surface area contributed by atoms with Gasteiger partial charge in [0, 0.05) is 5.75 Å². The minimum atomic E-state index is -1.13. The van der Waals surface area contributed by atoms with Crippen molar-refractivity contribution in [3.8, 4) is 0 Å². The molecule has 0 aliphatic rings. The van der Waals surface area contributed by atoms with E-state index in [2.05, 4.69) is 17.9 Å². The Labute approximate surface area is 87.4 Å². The number of nitrogens with two attached hydrogens (primary N) is 2. The van der Waals surface area contributed by atoms with E-state index in [1.165, 1.54) is 0 Å². The van der Waals surface area contributed by atoms with Crippen LogP contribution in [-0.2, 0) is 9.59 Å². The van der Waals surface area contributed by atoms with E-state index in [1.807, 2.05) is 0 Å². The van der Waals surface area contributed by atoms with Crippen LogP contribution in [0, 0.1) is 0 Å². The molecule has 0 rings (SSSR count). The van der Waals surface area contributed by atoms with Crippen molar-refractivity contribution < 1.29 is 14.7 Å². The first-order valence-electron chi connectivity index (χ1n) is 4.12. The maximum Gasteiger partial charge on any atom is 0.327 e. The predicted octanol–water partition coefficient (Wildman–Crippen LogP) is -1.84. The Morgan fingerprint density at radius 2 is 2.07 bits per heavy atom. The summed E-state index contributed by atoms with van der Waals surface area (Å²) >= 11 is 3.79. The zero-order chi connectivity index (χ0) is 11.1. The second-order valence-corrected chi connectivity index (χ2v) is 3.13. The average molecular weight is 221 g/mol. The zero-order valence-electron chi connectivity index (χ0n) is 7.64. The lowest BCUT2D eigenvalue weighted by atomic mass is 10.2. The van der Waals surface area contributed by atoms with Gasteiger partial charge in [-0.2, -0.15) is 12.6 Å². The van der Waals surface area contributed by atoms with Gasteiger partial charge in [0.15, 0.2) is 0 Å². The molecule has 6 nitrogen and oxygen atoms in total. The van der Waals surface area contributed by atoms with Crippen LogP contribution < -0.4 is 16.8 Å². The first-order valence-corrected chi connectivity index (χ1v) is 4.75. The SMILES string of the molecule is NCC[C@H](N)C(=O)N[C@H](CS)C(=O)O. The second kappa shape index (κ2) is 6.63. The van der Waals surface area contributed by atoms with E-state index in [0.717, 1.165) is 0 Å². The summed E-state index contributed by atoms with van der Waals surface area (Å²) in [6.45, 7) is 0.285. The number of carboxylic acids is 1. The molecule has 0 radical (unpaired) electrons. The summed E-state index contributed by atoms with van der Waals surface area (Å²) in [5.74, 6) is -1.62. The van der Waals surface area contributed by atoms with Gasteiger partial charge in [0.25, 0.3) is 0 Å². The minimum Gasteiger partial charge on any atom is -0.480 e. The normalized spacial score (nSPS) is 14.5. The highest BCUT2D eigenvalue weighted by atomic mass is 32.1. The summed E-state index contributed by atoms with van der Waals surface area (Å²) in [5, 5.41) is 10.9. The minimum absolute atomic E-state index is 0.0242. The molecular weight excluding hydrogens is 206 g/mol. The van der Waals surface area contributed by atoms with Gasteiger partial charge in [0.05, 0.1) is 6.04 Å². The van der Waals surface area contributed by atoms with Gasteiger partial charge in [-0.1, -0.05) is 0 Å². The molecule has 0 fully saturated rings. The van der Waals surface area contributed by atoms with Gasteiger partial charge >= 0.3 is 5.97 Å². The summed E-state index contributed by atoms with van der Waals surface area (Å²) in [7, 11) is 0. The Hall–Kier alpha value is -0.790. The quantitative estimate of drug-likeness (QED) is 0.338. The molecule has 0 spiro atoms. The molecule has 0 aliphatic heterocycles. The molecule has 0 aromatic heterocycles. The fraction of sp³-hybridized carbons (Fsp3) is 0.714. The van der Waals surface area contributed by atoms with Gasteiger partial charge in [-0.25, -0.2) is 4.79 Å². The van der Waals surface area contributed by atoms with Crippen LogP contribution >= 0.6 is 12.6 Å². The third-order valence-electron chi connectivity index (χ3n) is 1.61. The lowest BCUT2D eigenvalue weighted by molar-refractivity contribution is -0.141. The highest BCUT2D eigenvalue weighted by Gasteiger charge is 2.21. The van der Waals surface area contributed by atoms with E-state index in [9.17, 15) is 9.59 Å². The van der Waals surface area contributed by atoms with Crippen LogP contribution in [0.15, 0.2) is 0 Å². The molecule has 1 amide bonds. The van der Waals surface area contributed by atoms with Crippen LogP contribution in [0.2, 0.25) is 0 Å². The highest BCUT2D eigenvalue weighted by molar-refractivity contribution is 7.80. The van der Waals surface area contributed by atoms with Gasteiger partial charge in [0.1, 0.15) is 6.04 Å². The number of hydrogen-bond donors (Lipinski definition) is 5. The molecule has 0 saturated heterocycles. The average Bonchev–Trinajstić information content (AvgIpc) is 2.13. The van der Waals surface area contributed by atoms with E-state index in [0.29, 0.717) is 6.42 Å². The van der Waals surface area contributed by atoms with Crippen molar-refractivity contribution in [2.24, 2.45) is 11.5 Å². The highest BCUT2D eigenvalue weighted by Crippen LogP contribution is 1.92. The van der Waals surface area contributed by atoms with E-state index in [4.69, 9.17) is 16.6 Å². The Balaban J connectivity index is 4.08. The molecule has 0 aliphatic carbocycles. The van der Waals surface area contributed by atoms with Crippen molar-refractivity contribution in [2.75, 3.05) is 12.3 Å². The Morgan fingerprint density at radius 3 is 2.43 bits per heavy atom. The third-order valence-corrected chi connectivity index (χ3v) is 1.98. The van der Waals surface area contributed by atoms with Crippen molar-refractivity contribution in [3.05, 3.63) is 0 Å². The van der Waals surface area contributed by atoms with Crippen LogP contribution in [0.5, 0.6) is 0 Å². The molecule has 6 N–H and O–H groups in total. The van der Waals surface area contributed by atoms with Gasteiger partial charge < -0.3 is 21.9 Å². The largest absolute Gasteiger partial charge is 0.480 e. The molecule has 82 valence electrons. The monoisotopic (exact) mass is 221 g/mol. The molecule has 0 aromatic rings.